The summed E-state index contributed by atoms with van der Waals surface area (Å²) < 4.78 is 0. The molecule has 4 heteroatoms. The van der Waals surface area contributed by atoms with Gasteiger partial charge in [-0.2, -0.15) is 0 Å². The van der Waals surface area contributed by atoms with Crippen molar-refractivity contribution in [2.24, 2.45) is 0 Å². The summed E-state index contributed by atoms with van der Waals surface area (Å²) in [6, 6.07) is 13.6. The standard InChI is InChI=1S/C17H21N3O/c1-20(13-9-15-7-11-18-12-8-15)14-10-17(21)19-16-5-3-2-4-6-16/h2-8,11-12H,9-10,13-14H2,1H3,(H,19,21). The highest BCUT2D eigenvalue weighted by atomic mass is 16.1. The molecule has 1 N–H and O–H groups in total. The number of hydrogen-bond acceptors (Lipinski definition) is 3. The number of carbonyl (C=O) groups excluding carboxylic acids is 1. The van der Waals surface area contributed by atoms with E-state index in [1.54, 1.807) is 0 Å². The second kappa shape index (κ2) is 8.17. The molecule has 2 aromatic rings. The number of amides is 1. The molecule has 21 heavy (non-hydrogen) atoms. The molecule has 0 saturated carbocycles. The summed E-state index contributed by atoms with van der Waals surface area (Å²) in [4.78, 5) is 18.0. The van der Waals surface area contributed by atoms with Crippen LogP contribution < -0.4 is 5.32 Å². The first-order chi connectivity index (χ1) is 10.2. The van der Waals surface area contributed by atoms with Gasteiger partial charge in [-0.25, -0.2) is 0 Å². The second-order valence-corrected chi connectivity index (χ2v) is 5.07. The maximum absolute atomic E-state index is 11.8. The van der Waals surface area contributed by atoms with Gasteiger partial charge in [0.2, 0.25) is 5.91 Å². The first kappa shape index (κ1) is 15.2. The Morgan fingerprint density at radius 3 is 2.52 bits per heavy atom. The predicted molar refractivity (Wildman–Crippen MR) is 85.1 cm³/mol. The van der Waals surface area contributed by atoms with E-state index >= 15 is 0 Å². The third-order valence-electron chi connectivity index (χ3n) is 3.31. The Labute approximate surface area is 125 Å². The zero-order valence-electron chi connectivity index (χ0n) is 12.3. The summed E-state index contributed by atoms with van der Waals surface area (Å²) in [6.07, 6.45) is 5.09. The van der Waals surface area contributed by atoms with Crippen LogP contribution in [0.1, 0.15) is 12.0 Å². The van der Waals surface area contributed by atoms with Crippen molar-refractivity contribution in [3.8, 4) is 0 Å². The summed E-state index contributed by atoms with van der Waals surface area (Å²) in [5.74, 6) is 0.0527. The van der Waals surface area contributed by atoms with Crippen molar-refractivity contribution < 1.29 is 4.79 Å². The number of carbonyl (C=O) groups is 1. The van der Waals surface area contributed by atoms with E-state index in [1.807, 2.05) is 61.9 Å². The van der Waals surface area contributed by atoms with Gasteiger partial charge in [-0.05, 0) is 43.3 Å². The number of benzene rings is 1. The van der Waals surface area contributed by atoms with E-state index in [1.165, 1.54) is 5.56 Å². The molecule has 1 heterocycles. The fourth-order valence-corrected chi connectivity index (χ4v) is 2.02. The molecule has 4 nitrogen and oxygen atoms in total. The highest BCUT2D eigenvalue weighted by molar-refractivity contribution is 5.90. The Balaban J connectivity index is 1.66. The van der Waals surface area contributed by atoms with Gasteiger partial charge in [-0.3, -0.25) is 9.78 Å². The number of hydrogen-bond donors (Lipinski definition) is 1. The SMILES string of the molecule is CN(CCC(=O)Nc1ccccc1)CCc1ccncc1. The molecule has 0 aliphatic rings. The zero-order valence-corrected chi connectivity index (χ0v) is 12.3. The Kier molecular flexibility index (Phi) is 5.91. The van der Waals surface area contributed by atoms with Gasteiger partial charge in [0.05, 0.1) is 0 Å². The lowest BCUT2D eigenvalue weighted by Gasteiger charge is -2.16. The smallest absolute Gasteiger partial charge is 0.225 e. The van der Waals surface area contributed by atoms with Gasteiger partial charge in [0.25, 0.3) is 0 Å². The fraction of sp³-hybridized carbons (Fsp3) is 0.294. The third-order valence-corrected chi connectivity index (χ3v) is 3.31. The molecular weight excluding hydrogens is 262 g/mol. The van der Waals surface area contributed by atoms with E-state index in [0.717, 1.165) is 25.2 Å². The van der Waals surface area contributed by atoms with Gasteiger partial charge in [0.1, 0.15) is 0 Å². The van der Waals surface area contributed by atoms with Crippen LogP contribution in [0.2, 0.25) is 0 Å². The molecule has 0 atom stereocenters. The lowest BCUT2D eigenvalue weighted by atomic mass is 10.2. The maximum atomic E-state index is 11.8. The molecule has 1 aromatic heterocycles. The Hall–Kier alpha value is -2.20. The van der Waals surface area contributed by atoms with Crippen LogP contribution in [0.25, 0.3) is 0 Å². The Morgan fingerprint density at radius 2 is 1.81 bits per heavy atom. The molecule has 1 amide bonds. The van der Waals surface area contributed by atoms with Crippen molar-refractivity contribution in [2.45, 2.75) is 12.8 Å². The van der Waals surface area contributed by atoms with Crippen molar-refractivity contribution in [1.29, 1.82) is 0 Å². The number of nitrogens with one attached hydrogen (secondary N) is 1. The van der Waals surface area contributed by atoms with Crippen molar-refractivity contribution in [3.05, 3.63) is 60.4 Å². The van der Waals surface area contributed by atoms with Crippen LogP contribution in [0.15, 0.2) is 54.9 Å². The number of aromatic nitrogens is 1. The van der Waals surface area contributed by atoms with Crippen LogP contribution in [0.5, 0.6) is 0 Å². The minimum atomic E-state index is 0.0527. The molecule has 1 aromatic carbocycles. The van der Waals surface area contributed by atoms with Crippen LogP contribution in [0, 0.1) is 0 Å². The van der Waals surface area contributed by atoms with Crippen molar-refractivity contribution in [1.82, 2.24) is 9.88 Å². The lowest BCUT2D eigenvalue weighted by molar-refractivity contribution is -0.116. The highest BCUT2D eigenvalue weighted by Gasteiger charge is 2.05. The minimum Gasteiger partial charge on any atom is -0.326 e. The third kappa shape index (κ3) is 5.75. The normalized spacial score (nSPS) is 10.6. The number of para-hydroxylation sites is 1. The highest BCUT2D eigenvalue weighted by Crippen LogP contribution is 2.05. The van der Waals surface area contributed by atoms with E-state index in [0.29, 0.717) is 6.42 Å². The first-order valence-electron chi connectivity index (χ1n) is 7.16. The molecule has 0 radical (unpaired) electrons. The van der Waals surface area contributed by atoms with Crippen molar-refractivity contribution in [2.75, 3.05) is 25.5 Å². The average molecular weight is 283 g/mol. The van der Waals surface area contributed by atoms with E-state index in [2.05, 4.69) is 15.2 Å². The predicted octanol–water partition coefficient (Wildman–Crippen LogP) is 2.58. The molecule has 0 saturated heterocycles. The molecule has 0 spiro atoms. The molecular formula is C17H21N3O. The van der Waals surface area contributed by atoms with Crippen LogP contribution in [0.4, 0.5) is 5.69 Å². The van der Waals surface area contributed by atoms with E-state index in [4.69, 9.17) is 0 Å². The van der Waals surface area contributed by atoms with E-state index in [9.17, 15) is 4.79 Å². The number of anilines is 1. The average Bonchev–Trinajstić information content (AvgIpc) is 2.53. The number of nitrogens with zero attached hydrogens (tertiary/aromatic N) is 2. The summed E-state index contributed by atoms with van der Waals surface area (Å²) in [7, 11) is 2.04. The van der Waals surface area contributed by atoms with Crippen LogP contribution in [-0.2, 0) is 11.2 Å². The van der Waals surface area contributed by atoms with Crippen LogP contribution in [0.3, 0.4) is 0 Å². The number of pyridine rings is 1. The summed E-state index contributed by atoms with van der Waals surface area (Å²) in [5, 5.41) is 2.90. The quantitative estimate of drug-likeness (QED) is 0.849. The molecule has 110 valence electrons. The topological polar surface area (TPSA) is 45.2 Å². The molecule has 2 rings (SSSR count). The Bertz CT molecular complexity index is 542. The van der Waals surface area contributed by atoms with Crippen LogP contribution in [-0.4, -0.2) is 35.9 Å². The summed E-state index contributed by atoms with van der Waals surface area (Å²) in [6.45, 7) is 1.69. The molecule has 0 fully saturated rings. The lowest BCUT2D eigenvalue weighted by Crippen LogP contribution is -2.26. The van der Waals surface area contributed by atoms with Crippen molar-refractivity contribution >= 4 is 11.6 Å². The monoisotopic (exact) mass is 283 g/mol. The van der Waals surface area contributed by atoms with Gasteiger partial charge in [0, 0.05) is 37.6 Å². The van der Waals surface area contributed by atoms with Crippen LogP contribution >= 0.6 is 0 Å². The van der Waals surface area contributed by atoms with Crippen molar-refractivity contribution in [3.63, 3.8) is 0 Å². The molecule has 0 aliphatic carbocycles. The zero-order chi connectivity index (χ0) is 14.9. The maximum Gasteiger partial charge on any atom is 0.225 e. The van der Waals surface area contributed by atoms with E-state index < -0.39 is 0 Å². The molecule has 0 unspecified atom stereocenters. The van der Waals surface area contributed by atoms with Gasteiger partial charge in [0.15, 0.2) is 0 Å². The van der Waals surface area contributed by atoms with E-state index in [-0.39, 0.29) is 5.91 Å². The Morgan fingerprint density at radius 1 is 1.10 bits per heavy atom. The summed E-state index contributed by atoms with van der Waals surface area (Å²) in [5.41, 5.74) is 2.12. The summed E-state index contributed by atoms with van der Waals surface area (Å²) >= 11 is 0. The molecule has 0 bridgehead atoms. The van der Waals surface area contributed by atoms with Gasteiger partial charge < -0.3 is 10.2 Å². The second-order valence-electron chi connectivity index (χ2n) is 5.07. The largest absolute Gasteiger partial charge is 0.326 e. The van der Waals surface area contributed by atoms with Gasteiger partial charge in [-0.1, -0.05) is 18.2 Å². The molecule has 0 aliphatic heterocycles. The minimum absolute atomic E-state index is 0.0527. The van der Waals surface area contributed by atoms with Gasteiger partial charge >= 0.3 is 0 Å². The number of likely N-dealkylation sites (N-methyl/N-ethyl adjacent to an activating group) is 1. The fourth-order valence-electron chi connectivity index (χ4n) is 2.02. The first-order valence-corrected chi connectivity index (χ1v) is 7.16. The number of rotatable bonds is 7. The van der Waals surface area contributed by atoms with Gasteiger partial charge in [-0.15, -0.1) is 0 Å².